The highest BCUT2D eigenvalue weighted by molar-refractivity contribution is 6.02. The Balaban J connectivity index is 2.38. The lowest BCUT2D eigenvalue weighted by Gasteiger charge is -2.01. The Morgan fingerprint density at radius 1 is 1.54 bits per heavy atom. The molecule has 0 aliphatic heterocycles. The standard InChI is InChI=1S/C9H9N2O2/c10-7-6(12)3-4-11-8(7)9(13)5-1-2-5/h3-5H,1-2,10H2. The topological polar surface area (TPSA) is 75.9 Å². The summed E-state index contributed by atoms with van der Waals surface area (Å²) in [6.07, 6.45) is 3.11. The van der Waals surface area contributed by atoms with Crippen LogP contribution in [0.25, 0.3) is 0 Å². The van der Waals surface area contributed by atoms with Gasteiger partial charge in [0.1, 0.15) is 11.4 Å². The van der Waals surface area contributed by atoms with Gasteiger partial charge in [-0.3, -0.25) is 14.9 Å². The van der Waals surface area contributed by atoms with Crippen molar-refractivity contribution in [3.8, 4) is 5.75 Å². The summed E-state index contributed by atoms with van der Waals surface area (Å²) in [5.41, 5.74) is 5.59. The molecular formula is C9H9N2O2. The lowest BCUT2D eigenvalue weighted by atomic mass is 10.1. The minimum atomic E-state index is -0.320. The normalized spacial score (nSPS) is 15.7. The van der Waals surface area contributed by atoms with Crippen LogP contribution in [0.5, 0.6) is 5.75 Å². The quantitative estimate of drug-likeness (QED) is 0.693. The molecule has 67 valence electrons. The van der Waals surface area contributed by atoms with Gasteiger partial charge in [0, 0.05) is 18.2 Å². The zero-order chi connectivity index (χ0) is 9.42. The van der Waals surface area contributed by atoms with Crippen molar-refractivity contribution < 1.29 is 9.90 Å². The molecule has 1 aromatic rings. The lowest BCUT2D eigenvalue weighted by Crippen LogP contribution is -2.07. The van der Waals surface area contributed by atoms with Gasteiger partial charge in [-0.05, 0) is 12.8 Å². The van der Waals surface area contributed by atoms with E-state index in [1.807, 2.05) is 0 Å². The highest BCUT2D eigenvalue weighted by Crippen LogP contribution is 2.34. The fraction of sp³-hybridized carbons (Fsp3) is 0.333. The maximum Gasteiger partial charge on any atom is 0.205 e. The Labute approximate surface area is 75.4 Å². The van der Waals surface area contributed by atoms with Crippen LogP contribution < -0.4 is 5.73 Å². The average Bonchev–Trinajstić information content (AvgIpc) is 2.91. The molecule has 1 saturated carbocycles. The first-order chi connectivity index (χ1) is 6.20. The number of carbonyl (C=O) groups is 1. The third-order valence-electron chi connectivity index (χ3n) is 2.13. The van der Waals surface area contributed by atoms with Crippen LogP contribution in [-0.2, 0) is 5.11 Å². The Kier molecular flexibility index (Phi) is 1.69. The largest absolute Gasteiger partial charge is 0.394 e. The summed E-state index contributed by atoms with van der Waals surface area (Å²) in [5.74, 6) is -0.356. The summed E-state index contributed by atoms with van der Waals surface area (Å²) < 4.78 is 0. The SMILES string of the molecule is Nc1c([O])ccnc1C(=O)C1CC1. The summed E-state index contributed by atoms with van der Waals surface area (Å²) in [7, 11) is 0. The Morgan fingerprint density at radius 2 is 2.23 bits per heavy atom. The number of aromatic nitrogens is 1. The number of hydrogen-bond acceptors (Lipinski definition) is 3. The van der Waals surface area contributed by atoms with Gasteiger partial charge in [-0.2, -0.15) is 0 Å². The van der Waals surface area contributed by atoms with Gasteiger partial charge in [-0.1, -0.05) is 0 Å². The second-order valence-electron chi connectivity index (χ2n) is 3.21. The van der Waals surface area contributed by atoms with Gasteiger partial charge in [-0.25, -0.2) is 0 Å². The Bertz CT molecular complexity index is 359. The minimum Gasteiger partial charge on any atom is -0.394 e. The van der Waals surface area contributed by atoms with E-state index in [0.29, 0.717) is 0 Å². The van der Waals surface area contributed by atoms with Crippen molar-refractivity contribution in [1.82, 2.24) is 4.98 Å². The van der Waals surface area contributed by atoms with Crippen molar-refractivity contribution in [3.05, 3.63) is 18.0 Å². The molecular weight excluding hydrogens is 168 g/mol. The number of ketones is 1. The zero-order valence-corrected chi connectivity index (χ0v) is 6.99. The van der Waals surface area contributed by atoms with Gasteiger partial charge in [0.05, 0.1) is 0 Å². The Hall–Kier alpha value is -1.58. The van der Waals surface area contributed by atoms with E-state index in [4.69, 9.17) is 5.73 Å². The molecule has 0 aromatic carbocycles. The lowest BCUT2D eigenvalue weighted by molar-refractivity contribution is 0.0963. The van der Waals surface area contributed by atoms with Gasteiger partial charge < -0.3 is 5.73 Å². The van der Waals surface area contributed by atoms with E-state index in [0.717, 1.165) is 12.8 Å². The fourth-order valence-electron chi connectivity index (χ4n) is 1.19. The molecule has 0 amide bonds. The van der Waals surface area contributed by atoms with Crippen LogP contribution in [0.1, 0.15) is 23.3 Å². The number of nitrogen functional groups attached to an aromatic ring is 1. The van der Waals surface area contributed by atoms with Gasteiger partial charge in [0.15, 0.2) is 5.78 Å². The van der Waals surface area contributed by atoms with Crippen LogP contribution in [0.15, 0.2) is 12.3 Å². The molecule has 1 fully saturated rings. The smallest absolute Gasteiger partial charge is 0.205 e. The summed E-state index contributed by atoms with van der Waals surface area (Å²) in [6, 6.07) is 1.26. The summed E-state index contributed by atoms with van der Waals surface area (Å²) in [6.45, 7) is 0. The van der Waals surface area contributed by atoms with Gasteiger partial charge in [0.2, 0.25) is 5.75 Å². The molecule has 0 atom stereocenters. The van der Waals surface area contributed by atoms with Crippen LogP contribution in [0.4, 0.5) is 5.69 Å². The first-order valence-corrected chi connectivity index (χ1v) is 4.16. The molecule has 1 heterocycles. The molecule has 2 rings (SSSR count). The van der Waals surface area contributed by atoms with E-state index in [2.05, 4.69) is 4.98 Å². The molecule has 4 nitrogen and oxygen atoms in total. The summed E-state index contributed by atoms with van der Waals surface area (Å²) >= 11 is 0. The predicted octanol–water partition coefficient (Wildman–Crippen LogP) is 1.40. The average molecular weight is 177 g/mol. The molecule has 4 heteroatoms. The monoisotopic (exact) mass is 177 g/mol. The third kappa shape index (κ3) is 1.35. The van der Waals surface area contributed by atoms with Crippen molar-refractivity contribution in [3.63, 3.8) is 0 Å². The second kappa shape index (κ2) is 2.73. The first-order valence-electron chi connectivity index (χ1n) is 4.16. The number of nitrogens with zero attached hydrogens (tertiary/aromatic N) is 1. The molecule has 1 radical (unpaired) electrons. The molecule has 0 saturated heterocycles. The number of carbonyl (C=O) groups excluding carboxylic acids is 1. The highest BCUT2D eigenvalue weighted by atomic mass is 16.3. The Morgan fingerprint density at radius 3 is 2.85 bits per heavy atom. The molecule has 0 bridgehead atoms. The predicted molar refractivity (Wildman–Crippen MR) is 45.8 cm³/mol. The minimum absolute atomic E-state index is 0.0144. The number of hydrogen-bond donors (Lipinski definition) is 1. The number of rotatable bonds is 2. The molecule has 0 spiro atoms. The van der Waals surface area contributed by atoms with Crippen LogP contribution in [0, 0.1) is 5.92 Å². The molecule has 13 heavy (non-hydrogen) atoms. The number of anilines is 1. The van der Waals surface area contributed by atoms with E-state index < -0.39 is 0 Å². The van der Waals surface area contributed by atoms with Crippen molar-refractivity contribution in [2.24, 2.45) is 5.92 Å². The van der Waals surface area contributed by atoms with Gasteiger partial charge >= 0.3 is 0 Å². The number of pyridine rings is 1. The summed E-state index contributed by atoms with van der Waals surface area (Å²) in [4.78, 5) is 15.3. The van der Waals surface area contributed by atoms with Crippen LogP contribution in [0.3, 0.4) is 0 Å². The maximum absolute atomic E-state index is 11.5. The zero-order valence-electron chi connectivity index (χ0n) is 6.99. The second-order valence-corrected chi connectivity index (χ2v) is 3.21. The number of nitrogens with two attached hydrogens (primary N) is 1. The molecule has 1 aliphatic rings. The van der Waals surface area contributed by atoms with E-state index >= 15 is 0 Å². The third-order valence-corrected chi connectivity index (χ3v) is 2.13. The molecule has 1 aliphatic carbocycles. The van der Waals surface area contributed by atoms with Crippen LogP contribution >= 0.6 is 0 Å². The molecule has 0 unspecified atom stereocenters. The van der Waals surface area contributed by atoms with Crippen molar-refractivity contribution >= 4 is 11.5 Å². The van der Waals surface area contributed by atoms with Gasteiger partial charge in [-0.15, -0.1) is 0 Å². The van der Waals surface area contributed by atoms with E-state index in [1.54, 1.807) is 0 Å². The van der Waals surface area contributed by atoms with E-state index in [1.165, 1.54) is 12.3 Å². The van der Waals surface area contributed by atoms with Gasteiger partial charge in [0.25, 0.3) is 0 Å². The van der Waals surface area contributed by atoms with Crippen LogP contribution in [0.2, 0.25) is 0 Å². The van der Waals surface area contributed by atoms with Crippen LogP contribution in [-0.4, -0.2) is 10.8 Å². The van der Waals surface area contributed by atoms with E-state index in [9.17, 15) is 9.90 Å². The fourth-order valence-corrected chi connectivity index (χ4v) is 1.19. The maximum atomic E-state index is 11.5. The van der Waals surface area contributed by atoms with Crippen molar-refractivity contribution in [2.75, 3.05) is 5.73 Å². The number of Topliss-reactive ketones (excluding diaryl/α,β-unsaturated/α-hetero) is 1. The molecule has 2 N–H and O–H groups in total. The first kappa shape index (κ1) is 8.04. The highest BCUT2D eigenvalue weighted by Gasteiger charge is 2.32. The van der Waals surface area contributed by atoms with E-state index in [-0.39, 0.29) is 28.8 Å². The summed E-state index contributed by atoms with van der Waals surface area (Å²) in [5, 5.41) is 11.1. The van der Waals surface area contributed by atoms with Crippen molar-refractivity contribution in [2.45, 2.75) is 12.8 Å². The van der Waals surface area contributed by atoms with Crippen molar-refractivity contribution in [1.29, 1.82) is 0 Å². The molecule has 1 aromatic heterocycles.